The minimum absolute atomic E-state index is 0.379. The highest BCUT2D eigenvalue weighted by atomic mass is 35.5. The summed E-state index contributed by atoms with van der Waals surface area (Å²) in [7, 11) is -3.71. The molecule has 0 atom stereocenters. The van der Waals surface area contributed by atoms with E-state index in [0.717, 1.165) is 33.2 Å². The average Bonchev–Trinajstić information content (AvgIpc) is 3.00. The molecule has 0 aliphatic carbocycles. The maximum Gasteiger partial charge on any atom is 0.260 e. The van der Waals surface area contributed by atoms with Gasteiger partial charge in [-0.3, -0.25) is 9.10 Å². The molecule has 0 aliphatic heterocycles. The molecule has 3 aromatic rings. The summed E-state index contributed by atoms with van der Waals surface area (Å²) in [4.78, 5) is 12.5. The van der Waals surface area contributed by atoms with Gasteiger partial charge in [0, 0.05) is 22.0 Å². The molecule has 3 rings (SSSR count). The van der Waals surface area contributed by atoms with Crippen molar-refractivity contribution in [2.24, 2.45) is 5.10 Å². The van der Waals surface area contributed by atoms with Crippen LogP contribution in [-0.2, 0) is 14.8 Å². The maximum absolute atomic E-state index is 12.5. The van der Waals surface area contributed by atoms with Crippen LogP contribution in [0.15, 0.2) is 53.6 Å². The minimum atomic E-state index is -3.71. The van der Waals surface area contributed by atoms with Crippen molar-refractivity contribution in [1.29, 1.82) is 0 Å². The molecule has 2 aromatic carbocycles. The number of amides is 1. The summed E-state index contributed by atoms with van der Waals surface area (Å²) in [5.41, 5.74) is 6.91. The number of hydrogen-bond donors (Lipinski definition) is 1. The molecule has 0 aliphatic rings. The lowest BCUT2D eigenvalue weighted by molar-refractivity contribution is -0.119. The molecule has 0 saturated carbocycles. The molecule has 10 heteroatoms. The van der Waals surface area contributed by atoms with E-state index >= 15 is 0 Å². The highest BCUT2D eigenvalue weighted by Gasteiger charge is 2.22. The van der Waals surface area contributed by atoms with Gasteiger partial charge in [0.25, 0.3) is 5.91 Å². The van der Waals surface area contributed by atoms with Crippen molar-refractivity contribution < 1.29 is 13.2 Å². The van der Waals surface area contributed by atoms with Crippen LogP contribution in [0.1, 0.15) is 22.5 Å². The third-order valence-electron chi connectivity index (χ3n) is 5.07. The van der Waals surface area contributed by atoms with Gasteiger partial charge >= 0.3 is 0 Å². The highest BCUT2D eigenvalue weighted by molar-refractivity contribution is 7.92. The first-order valence-electron chi connectivity index (χ1n) is 9.98. The SMILES string of the molecule is Cc1cc(Cl)ccc1N(CC(=O)N/N=C\c1cc(C)n(-c2ccccc2Cl)c1C)S(C)(=O)=O. The molecular formula is C23H24Cl2N4O3S. The van der Waals surface area contributed by atoms with Crippen LogP contribution in [0.4, 0.5) is 5.69 Å². The quantitative estimate of drug-likeness (QED) is 0.374. The van der Waals surface area contributed by atoms with Gasteiger partial charge in [-0.1, -0.05) is 35.3 Å². The number of benzene rings is 2. The molecule has 174 valence electrons. The van der Waals surface area contributed by atoms with E-state index < -0.39 is 22.5 Å². The van der Waals surface area contributed by atoms with Crippen molar-refractivity contribution >= 4 is 51.0 Å². The number of para-hydroxylation sites is 1. The first kappa shape index (κ1) is 24.8. The average molecular weight is 507 g/mol. The molecule has 0 bridgehead atoms. The largest absolute Gasteiger partial charge is 0.316 e. The number of carbonyl (C=O) groups is 1. The van der Waals surface area contributed by atoms with Gasteiger partial charge in [0.1, 0.15) is 6.54 Å². The summed E-state index contributed by atoms with van der Waals surface area (Å²) in [6.45, 7) is 5.18. The minimum Gasteiger partial charge on any atom is -0.316 e. The topological polar surface area (TPSA) is 83.8 Å². The molecular weight excluding hydrogens is 483 g/mol. The van der Waals surface area contributed by atoms with Crippen LogP contribution in [0.3, 0.4) is 0 Å². The summed E-state index contributed by atoms with van der Waals surface area (Å²) in [6.07, 6.45) is 2.56. The van der Waals surface area contributed by atoms with E-state index in [-0.39, 0.29) is 0 Å². The molecule has 0 spiro atoms. The monoisotopic (exact) mass is 506 g/mol. The molecule has 1 N–H and O–H groups in total. The number of hydrazone groups is 1. The van der Waals surface area contributed by atoms with Gasteiger partial charge in [-0.05, 0) is 62.7 Å². The second kappa shape index (κ2) is 9.99. The molecule has 1 aromatic heterocycles. The van der Waals surface area contributed by atoms with Crippen molar-refractivity contribution in [3.05, 3.63) is 81.1 Å². The Balaban J connectivity index is 1.77. The smallest absolute Gasteiger partial charge is 0.260 e. The summed E-state index contributed by atoms with van der Waals surface area (Å²) in [5.74, 6) is -0.578. The lowest BCUT2D eigenvalue weighted by Gasteiger charge is -2.23. The van der Waals surface area contributed by atoms with E-state index in [9.17, 15) is 13.2 Å². The number of hydrogen-bond acceptors (Lipinski definition) is 4. The summed E-state index contributed by atoms with van der Waals surface area (Å²) < 4.78 is 27.6. The first-order valence-corrected chi connectivity index (χ1v) is 12.6. The van der Waals surface area contributed by atoms with Crippen LogP contribution in [0.5, 0.6) is 0 Å². The van der Waals surface area contributed by atoms with Gasteiger partial charge in [0.05, 0.1) is 28.9 Å². The number of nitrogens with one attached hydrogen (secondary N) is 1. The van der Waals surface area contributed by atoms with Crippen LogP contribution in [0, 0.1) is 20.8 Å². The molecule has 7 nitrogen and oxygen atoms in total. The van der Waals surface area contributed by atoms with E-state index in [1.165, 1.54) is 6.21 Å². The van der Waals surface area contributed by atoms with E-state index in [2.05, 4.69) is 10.5 Å². The van der Waals surface area contributed by atoms with Crippen LogP contribution in [0.2, 0.25) is 10.0 Å². The fraction of sp³-hybridized carbons (Fsp3) is 0.217. The molecule has 33 heavy (non-hydrogen) atoms. The standard InChI is InChI=1S/C23H24Cl2N4O3S/c1-15-11-19(24)9-10-21(15)28(33(4,31)32)14-23(30)27-26-13-18-12-16(2)29(17(18)3)22-8-6-5-7-20(22)25/h5-13H,14H2,1-4H3,(H,27,30)/b26-13-. The number of aryl methyl sites for hydroxylation is 2. The highest BCUT2D eigenvalue weighted by Crippen LogP contribution is 2.26. The third-order valence-corrected chi connectivity index (χ3v) is 6.75. The molecule has 0 fully saturated rings. The lowest BCUT2D eigenvalue weighted by atomic mass is 10.2. The summed E-state index contributed by atoms with van der Waals surface area (Å²) >= 11 is 12.3. The van der Waals surface area contributed by atoms with E-state index in [1.54, 1.807) is 25.1 Å². The lowest BCUT2D eigenvalue weighted by Crippen LogP contribution is -2.39. The van der Waals surface area contributed by atoms with Gasteiger partial charge in [-0.25, -0.2) is 13.8 Å². The van der Waals surface area contributed by atoms with Gasteiger partial charge in [0.15, 0.2) is 0 Å². The van der Waals surface area contributed by atoms with Crippen LogP contribution < -0.4 is 9.73 Å². The summed E-state index contributed by atoms with van der Waals surface area (Å²) in [5, 5.41) is 5.12. The van der Waals surface area contributed by atoms with Crippen molar-refractivity contribution in [2.75, 3.05) is 17.1 Å². The molecule has 1 heterocycles. The zero-order valence-electron chi connectivity index (χ0n) is 18.6. The van der Waals surface area contributed by atoms with Gasteiger partial charge in [-0.2, -0.15) is 5.10 Å². The number of nitrogens with zero attached hydrogens (tertiary/aromatic N) is 3. The van der Waals surface area contributed by atoms with Crippen LogP contribution in [0.25, 0.3) is 5.69 Å². The Morgan fingerprint density at radius 2 is 1.82 bits per heavy atom. The molecule has 0 unspecified atom stereocenters. The van der Waals surface area contributed by atoms with E-state index in [4.69, 9.17) is 23.2 Å². The van der Waals surface area contributed by atoms with Gasteiger partial charge in [-0.15, -0.1) is 0 Å². The predicted octanol–water partition coefficient (Wildman–Crippen LogP) is 4.63. The van der Waals surface area contributed by atoms with Crippen LogP contribution >= 0.6 is 23.2 Å². The number of rotatable bonds is 7. The Morgan fingerprint density at radius 1 is 1.12 bits per heavy atom. The first-order chi connectivity index (χ1) is 15.5. The van der Waals surface area contributed by atoms with Crippen molar-refractivity contribution in [1.82, 2.24) is 9.99 Å². The predicted molar refractivity (Wildman–Crippen MR) is 134 cm³/mol. The molecule has 0 saturated heterocycles. The second-order valence-electron chi connectivity index (χ2n) is 7.61. The fourth-order valence-corrected chi connectivity index (χ4v) is 4.90. The van der Waals surface area contributed by atoms with E-state index in [1.807, 2.05) is 48.7 Å². The fourth-order valence-electron chi connectivity index (χ4n) is 3.54. The number of sulfonamides is 1. The number of halogens is 2. The summed E-state index contributed by atoms with van der Waals surface area (Å²) in [6, 6.07) is 14.2. The van der Waals surface area contributed by atoms with Crippen molar-refractivity contribution in [3.8, 4) is 5.69 Å². The molecule has 0 radical (unpaired) electrons. The second-order valence-corrected chi connectivity index (χ2v) is 10.4. The number of carbonyl (C=O) groups excluding carboxylic acids is 1. The Morgan fingerprint density at radius 3 is 2.45 bits per heavy atom. The third kappa shape index (κ3) is 5.76. The zero-order chi connectivity index (χ0) is 24.3. The number of anilines is 1. The Bertz CT molecular complexity index is 1330. The Kier molecular flexibility index (Phi) is 7.51. The Hall–Kier alpha value is -2.81. The number of aromatic nitrogens is 1. The van der Waals surface area contributed by atoms with Crippen molar-refractivity contribution in [2.45, 2.75) is 20.8 Å². The van der Waals surface area contributed by atoms with Crippen molar-refractivity contribution in [3.63, 3.8) is 0 Å². The van der Waals surface area contributed by atoms with Gasteiger partial charge in [0.2, 0.25) is 10.0 Å². The molecule has 1 amide bonds. The normalized spacial score (nSPS) is 11.7. The van der Waals surface area contributed by atoms with Crippen LogP contribution in [-0.4, -0.2) is 37.9 Å². The van der Waals surface area contributed by atoms with E-state index in [0.29, 0.717) is 21.3 Å². The Labute approximate surface area is 203 Å². The van der Waals surface area contributed by atoms with Gasteiger partial charge < -0.3 is 4.57 Å². The zero-order valence-corrected chi connectivity index (χ0v) is 21.0. The maximum atomic E-state index is 12.5.